The average molecular weight is 547 g/mol. The second-order valence-electron chi connectivity index (χ2n) is 9.16. The van der Waals surface area contributed by atoms with E-state index in [0.717, 1.165) is 18.6 Å². The number of aliphatic hydroxyl groups excluding tert-OH is 1. The lowest BCUT2D eigenvalue weighted by atomic mass is 9.92. The summed E-state index contributed by atoms with van der Waals surface area (Å²) in [6.07, 6.45) is 4.75. The number of thiocarbonyl (C=S) groups is 1. The molecule has 4 rings (SSSR count). The Balaban J connectivity index is 1.59. The number of carbonyl (C=O) groups is 1. The van der Waals surface area contributed by atoms with E-state index < -0.39 is 0 Å². The molecule has 0 bridgehead atoms. The quantitative estimate of drug-likeness (QED) is 0.315. The van der Waals surface area contributed by atoms with E-state index in [4.69, 9.17) is 38.0 Å². The normalized spacial score (nSPS) is 21.1. The molecule has 2 aromatic rings. The second kappa shape index (κ2) is 12.1. The van der Waals surface area contributed by atoms with Crippen LogP contribution in [0.15, 0.2) is 47.9 Å². The number of nitrogens with one attached hydrogen (secondary N) is 3. The fourth-order valence-corrected chi connectivity index (χ4v) is 4.83. The Labute approximate surface area is 226 Å². The highest BCUT2D eigenvalue weighted by Gasteiger charge is 2.34. The summed E-state index contributed by atoms with van der Waals surface area (Å²) in [7, 11) is 1.51. The van der Waals surface area contributed by atoms with Crippen LogP contribution in [0.4, 0.5) is 5.69 Å². The fraction of sp³-hybridized carbons (Fsp3) is 0.423. The molecule has 0 spiro atoms. The number of aliphatic hydroxyl groups is 1. The maximum Gasteiger partial charge on any atom is 0.256 e. The summed E-state index contributed by atoms with van der Waals surface area (Å²) in [6.45, 7) is 3.89. The summed E-state index contributed by atoms with van der Waals surface area (Å²) >= 11 is 11.9. The minimum atomic E-state index is -0.309. The lowest BCUT2D eigenvalue weighted by Gasteiger charge is -2.38. The number of hydrogen-bond donors (Lipinski definition) is 4. The van der Waals surface area contributed by atoms with Crippen LogP contribution >= 0.6 is 23.8 Å². The molecule has 1 aromatic carbocycles. The van der Waals surface area contributed by atoms with Crippen molar-refractivity contribution in [3.63, 3.8) is 0 Å². The van der Waals surface area contributed by atoms with Crippen molar-refractivity contribution in [3.05, 3.63) is 58.5 Å². The van der Waals surface area contributed by atoms with E-state index >= 15 is 0 Å². The van der Waals surface area contributed by atoms with Gasteiger partial charge in [-0.2, -0.15) is 0 Å². The Morgan fingerprint density at radius 2 is 2.22 bits per heavy atom. The number of pyridine rings is 1. The van der Waals surface area contributed by atoms with Gasteiger partial charge in [-0.15, -0.1) is 0 Å². The minimum Gasteiger partial charge on any atom is -0.493 e. The number of methoxy groups -OCH3 is 1. The van der Waals surface area contributed by atoms with E-state index in [-0.39, 0.29) is 29.0 Å². The first kappa shape index (κ1) is 27.1. The van der Waals surface area contributed by atoms with Gasteiger partial charge in [-0.1, -0.05) is 29.9 Å². The van der Waals surface area contributed by atoms with Crippen LogP contribution in [0.25, 0.3) is 0 Å². The number of para-hydroxylation sites is 1. The number of ether oxygens (including phenoxy) is 3. The summed E-state index contributed by atoms with van der Waals surface area (Å²) < 4.78 is 17.1. The van der Waals surface area contributed by atoms with Gasteiger partial charge in [-0.3, -0.25) is 9.78 Å². The van der Waals surface area contributed by atoms with E-state index in [1.54, 1.807) is 30.6 Å². The lowest BCUT2D eigenvalue weighted by molar-refractivity contribution is -0.152. The number of amides is 1. The molecule has 0 radical (unpaired) electrons. The monoisotopic (exact) mass is 546 g/mol. The van der Waals surface area contributed by atoms with Gasteiger partial charge in [0.15, 0.2) is 5.75 Å². The van der Waals surface area contributed by atoms with Crippen molar-refractivity contribution < 1.29 is 24.1 Å². The van der Waals surface area contributed by atoms with Crippen LogP contribution in [0.5, 0.6) is 11.5 Å². The van der Waals surface area contributed by atoms with Crippen molar-refractivity contribution >= 4 is 40.4 Å². The molecule has 198 valence electrons. The molecular formula is C26H31ClN4O5S. The minimum absolute atomic E-state index is 0.0382. The van der Waals surface area contributed by atoms with Gasteiger partial charge in [0.2, 0.25) is 0 Å². The molecule has 2 atom stereocenters. The maximum absolute atomic E-state index is 13.0. The smallest absolute Gasteiger partial charge is 0.256 e. The zero-order valence-electron chi connectivity index (χ0n) is 20.8. The first-order valence-electron chi connectivity index (χ1n) is 12.1. The molecular weight excluding hydrogens is 516 g/mol. The molecule has 1 fully saturated rings. The Bertz CT molecular complexity index is 1190. The van der Waals surface area contributed by atoms with E-state index in [1.807, 2.05) is 13.0 Å². The molecule has 3 heterocycles. The molecule has 1 saturated heterocycles. The largest absolute Gasteiger partial charge is 0.493 e. The summed E-state index contributed by atoms with van der Waals surface area (Å²) in [5, 5.41) is 19.5. The number of benzene rings is 1. The van der Waals surface area contributed by atoms with Crippen LogP contribution in [0.2, 0.25) is 5.02 Å². The first-order valence-corrected chi connectivity index (χ1v) is 12.8. The molecule has 1 amide bonds. The van der Waals surface area contributed by atoms with Crippen molar-refractivity contribution in [1.29, 1.82) is 0 Å². The average Bonchev–Trinajstić information content (AvgIpc) is 2.87. The second-order valence-corrected chi connectivity index (χ2v) is 9.97. The van der Waals surface area contributed by atoms with E-state index in [1.165, 1.54) is 7.11 Å². The van der Waals surface area contributed by atoms with Crippen LogP contribution < -0.4 is 25.4 Å². The van der Waals surface area contributed by atoms with Crippen LogP contribution in [-0.2, 0) is 16.1 Å². The van der Waals surface area contributed by atoms with Crippen LogP contribution in [0.3, 0.4) is 0 Å². The van der Waals surface area contributed by atoms with E-state index in [2.05, 4.69) is 20.9 Å². The van der Waals surface area contributed by atoms with Crippen molar-refractivity contribution in [2.45, 2.75) is 31.9 Å². The van der Waals surface area contributed by atoms with Crippen molar-refractivity contribution in [2.24, 2.45) is 5.92 Å². The molecule has 11 heteroatoms. The van der Waals surface area contributed by atoms with E-state index in [9.17, 15) is 9.90 Å². The Hall–Kier alpha value is -2.92. The summed E-state index contributed by atoms with van der Waals surface area (Å²) in [5.74, 6) is 0.591. The van der Waals surface area contributed by atoms with Crippen molar-refractivity contribution in [1.82, 2.24) is 15.6 Å². The molecule has 1 aromatic heterocycles. The van der Waals surface area contributed by atoms with Gasteiger partial charge in [0.1, 0.15) is 22.9 Å². The summed E-state index contributed by atoms with van der Waals surface area (Å²) in [5.41, 5.74) is 2.07. The number of carbonyl (C=O) groups excluding carboxylic acids is 1. The molecule has 2 aliphatic rings. The predicted molar refractivity (Wildman–Crippen MR) is 145 cm³/mol. The molecule has 37 heavy (non-hydrogen) atoms. The van der Waals surface area contributed by atoms with Gasteiger partial charge in [-0.25, -0.2) is 0 Å². The molecule has 9 nitrogen and oxygen atoms in total. The van der Waals surface area contributed by atoms with Crippen LogP contribution in [0, 0.1) is 5.92 Å². The molecule has 4 N–H and O–H groups in total. The molecule has 0 aliphatic carbocycles. The maximum atomic E-state index is 13.0. The van der Waals surface area contributed by atoms with E-state index in [0.29, 0.717) is 59.6 Å². The molecule has 2 aliphatic heterocycles. The highest BCUT2D eigenvalue weighted by molar-refractivity contribution is 7.81. The third-order valence-corrected chi connectivity index (χ3v) is 7.10. The zero-order valence-corrected chi connectivity index (χ0v) is 22.4. The lowest BCUT2D eigenvalue weighted by Crippen LogP contribution is -2.46. The number of rotatable bonds is 11. The fourth-order valence-electron chi connectivity index (χ4n) is 4.26. The third-order valence-electron chi connectivity index (χ3n) is 6.49. The number of anilines is 1. The summed E-state index contributed by atoms with van der Waals surface area (Å²) in [6, 6.07) is 7.10. The van der Waals surface area contributed by atoms with Gasteiger partial charge < -0.3 is 35.3 Å². The van der Waals surface area contributed by atoms with Crippen LogP contribution in [-0.4, -0.2) is 60.1 Å². The summed E-state index contributed by atoms with van der Waals surface area (Å²) in [4.78, 5) is 17.4. The Morgan fingerprint density at radius 1 is 1.41 bits per heavy atom. The Kier molecular flexibility index (Phi) is 8.86. The number of aromatic nitrogens is 1. The number of nitrogens with zero attached hydrogens (tertiary/aromatic N) is 1. The third kappa shape index (κ3) is 6.32. The molecule has 0 saturated carbocycles. The highest BCUT2D eigenvalue weighted by atomic mass is 35.5. The standard InChI is InChI=1S/C26H31ClN4O5S/c1-26(8-11-36-26)15-35-20-14-28-9-6-16(20)12-29-22-17(7-10-32)13-30-24(33)21(22)25(37)31-19-5-3-4-18(27)23(19)34-2/h3-6,9,14,17,29,32H,7-8,10-13,15H2,1-2H3,(H,30,33)(H,31,37). The van der Waals surface area contributed by atoms with Crippen LogP contribution in [0.1, 0.15) is 25.3 Å². The molecule has 2 unspecified atom stereocenters. The predicted octanol–water partition coefficient (Wildman–Crippen LogP) is 3.21. The highest BCUT2D eigenvalue weighted by Crippen LogP contribution is 2.34. The van der Waals surface area contributed by atoms with Gasteiger partial charge in [0, 0.05) is 49.5 Å². The number of halogens is 1. The van der Waals surface area contributed by atoms with Gasteiger partial charge in [0.05, 0.1) is 36.2 Å². The van der Waals surface area contributed by atoms with Gasteiger partial charge >= 0.3 is 0 Å². The number of hydrogen-bond acceptors (Lipinski definition) is 8. The van der Waals surface area contributed by atoms with Gasteiger partial charge in [0.25, 0.3) is 5.91 Å². The zero-order chi connectivity index (χ0) is 26.4. The van der Waals surface area contributed by atoms with Crippen molar-refractivity contribution in [3.8, 4) is 11.5 Å². The van der Waals surface area contributed by atoms with Gasteiger partial charge in [-0.05, 0) is 31.5 Å². The topological polar surface area (TPSA) is 114 Å². The van der Waals surface area contributed by atoms with Crippen molar-refractivity contribution in [2.75, 3.05) is 38.8 Å². The SMILES string of the molecule is COc1c(Cl)cccc1NC(=S)C1=C(NCc2ccncc2OCC2(C)CCO2)C(CCO)CNC1=O. The first-order chi connectivity index (χ1) is 17.8. The Morgan fingerprint density at radius 3 is 2.92 bits per heavy atom.